The average molecular weight is 449 g/mol. The smallest absolute Gasteiger partial charge is 0.238 e. The highest BCUT2D eigenvalue weighted by molar-refractivity contribution is 7.89. The molecule has 1 aromatic rings. The van der Waals surface area contributed by atoms with Crippen molar-refractivity contribution in [2.24, 2.45) is 11.1 Å². The molecule has 1 aromatic carbocycles. The van der Waals surface area contributed by atoms with Crippen LogP contribution in [0.3, 0.4) is 0 Å². The van der Waals surface area contributed by atoms with Crippen LogP contribution in [0.4, 0.5) is 0 Å². The van der Waals surface area contributed by atoms with Crippen molar-refractivity contribution in [1.82, 2.24) is 15.1 Å². The van der Waals surface area contributed by atoms with Crippen LogP contribution in [0.5, 0.6) is 0 Å². The third kappa shape index (κ3) is 5.10. The topological polar surface area (TPSA) is 113 Å². The van der Waals surface area contributed by atoms with E-state index in [1.165, 1.54) is 12.1 Å². The number of fused-ring (bicyclic) bond motifs is 1. The number of nitrogens with one attached hydrogen (secondary N) is 1. The van der Waals surface area contributed by atoms with Crippen LogP contribution in [-0.2, 0) is 26.0 Å². The van der Waals surface area contributed by atoms with Gasteiger partial charge in [-0.1, -0.05) is 12.1 Å². The van der Waals surface area contributed by atoms with Crippen molar-refractivity contribution < 1.29 is 18.0 Å². The van der Waals surface area contributed by atoms with Crippen LogP contribution in [0, 0.1) is 5.92 Å². The van der Waals surface area contributed by atoms with Crippen LogP contribution in [0.15, 0.2) is 29.2 Å². The lowest BCUT2D eigenvalue weighted by Crippen LogP contribution is -2.59. The number of rotatable bonds is 7. The number of sulfonamides is 1. The minimum Gasteiger partial charge on any atom is -0.354 e. The second-order valence-electron chi connectivity index (χ2n) is 9.09. The summed E-state index contributed by atoms with van der Waals surface area (Å²) in [7, 11) is -3.69. The van der Waals surface area contributed by atoms with E-state index < -0.39 is 10.0 Å². The van der Waals surface area contributed by atoms with Crippen LogP contribution < -0.4 is 10.5 Å². The first kappa shape index (κ1) is 22.2. The van der Waals surface area contributed by atoms with Gasteiger partial charge in [-0.05, 0) is 62.6 Å². The second kappa shape index (κ2) is 8.88. The van der Waals surface area contributed by atoms with E-state index in [1.54, 1.807) is 12.1 Å². The van der Waals surface area contributed by atoms with E-state index in [-0.39, 0.29) is 16.8 Å². The molecule has 31 heavy (non-hydrogen) atoms. The van der Waals surface area contributed by atoms with Crippen molar-refractivity contribution in [3.05, 3.63) is 29.8 Å². The van der Waals surface area contributed by atoms with Crippen molar-refractivity contribution in [3.63, 3.8) is 0 Å². The van der Waals surface area contributed by atoms with Crippen LogP contribution >= 0.6 is 0 Å². The SMILES string of the molecule is C[C@H](C(=O)NCCc1ccc(S(N)(=O)=O)cc1)N1CC[C@@H]2[C@H](CCC(=O)N2C2CC2)C1. The highest BCUT2D eigenvalue weighted by atomic mass is 32.2. The third-order valence-electron chi connectivity index (χ3n) is 6.93. The fraction of sp³-hybridized carbons (Fsp3) is 0.636. The number of carbonyl (C=O) groups excluding carboxylic acids is 2. The Labute approximate surface area is 184 Å². The Balaban J connectivity index is 1.25. The standard InChI is InChI=1S/C22H32N4O4S/c1-15(22(28)24-12-10-16-2-7-19(8-3-16)31(23,29)30)25-13-11-20-17(14-25)4-9-21(27)26(20)18-5-6-18/h2-3,7-8,15,17-18,20H,4-6,9-14H2,1H3,(H,24,28)(H2,23,29,30)/t15-,17-,20-/m1/s1. The fourth-order valence-corrected chi connectivity index (χ4v) is 5.50. The molecule has 2 heterocycles. The average Bonchev–Trinajstić information content (AvgIpc) is 3.57. The molecule has 3 aliphatic rings. The molecule has 2 aliphatic heterocycles. The summed E-state index contributed by atoms with van der Waals surface area (Å²) in [6.45, 7) is 4.14. The van der Waals surface area contributed by atoms with E-state index in [0.29, 0.717) is 43.3 Å². The number of amides is 2. The molecular weight excluding hydrogens is 416 g/mol. The van der Waals surface area contributed by atoms with E-state index in [1.807, 2.05) is 6.92 Å². The molecule has 1 aliphatic carbocycles. The lowest BCUT2D eigenvalue weighted by Gasteiger charge is -2.48. The lowest BCUT2D eigenvalue weighted by molar-refractivity contribution is -0.143. The number of carbonyl (C=O) groups is 2. The molecule has 4 rings (SSSR count). The van der Waals surface area contributed by atoms with Gasteiger partial charge in [0.1, 0.15) is 0 Å². The minimum atomic E-state index is -3.69. The first-order valence-electron chi connectivity index (χ1n) is 11.2. The zero-order valence-corrected chi connectivity index (χ0v) is 18.8. The van der Waals surface area contributed by atoms with Gasteiger partial charge in [-0.3, -0.25) is 14.5 Å². The van der Waals surface area contributed by atoms with Crippen LogP contribution in [-0.4, -0.2) is 67.8 Å². The molecule has 0 spiro atoms. The maximum atomic E-state index is 12.7. The Morgan fingerprint density at radius 3 is 2.55 bits per heavy atom. The van der Waals surface area contributed by atoms with Gasteiger partial charge in [0.2, 0.25) is 21.8 Å². The molecule has 170 valence electrons. The predicted molar refractivity (Wildman–Crippen MR) is 117 cm³/mol. The number of likely N-dealkylation sites (tertiary alicyclic amines) is 2. The number of piperidine rings is 2. The Bertz CT molecular complexity index is 929. The number of nitrogens with two attached hydrogens (primary N) is 1. The van der Waals surface area contributed by atoms with Gasteiger partial charge in [0, 0.05) is 38.1 Å². The molecule has 1 saturated carbocycles. The molecule has 0 aromatic heterocycles. The Hall–Kier alpha value is -1.97. The molecule has 0 bridgehead atoms. The zero-order chi connectivity index (χ0) is 22.2. The van der Waals surface area contributed by atoms with Gasteiger partial charge in [0.25, 0.3) is 0 Å². The highest BCUT2D eigenvalue weighted by Crippen LogP contribution is 2.39. The first-order chi connectivity index (χ1) is 14.7. The van der Waals surface area contributed by atoms with Gasteiger partial charge in [0.15, 0.2) is 0 Å². The van der Waals surface area contributed by atoms with Gasteiger partial charge in [0.05, 0.1) is 10.9 Å². The molecule has 8 nitrogen and oxygen atoms in total. The Morgan fingerprint density at radius 2 is 1.90 bits per heavy atom. The summed E-state index contributed by atoms with van der Waals surface area (Å²) < 4.78 is 22.7. The van der Waals surface area contributed by atoms with Crippen molar-refractivity contribution in [3.8, 4) is 0 Å². The highest BCUT2D eigenvalue weighted by Gasteiger charge is 2.46. The lowest BCUT2D eigenvalue weighted by atomic mass is 9.83. The maximum Gasteiger partial charge on any atom is 0.238 e. The summed E-state index contributed by atoms with van der Waals surface area (Å²) in [4.78, 5) is 29.6. The molecule has 0 unspecified atom stereocenters. The summed E-state index contributed by atoms with van der Waals surface area (Å²) in [5, 5.41) is 8.12. The molecule has 2 amide bonds. The van der Waals surface area contributed by atoms with E-state index in [4.69, 9.17) is 5.14 Å². The van der Waals surface area contributed by atoms with E-state index in [9.17, 15) is 18.0 Å². The van der Waals surface area contributed by atoms with Crippen molar-refractivity contribution in [1.29, 1.82) is 0 Å². The quantitative estimate of drug-likeness (QED) is 0.642. The molecule has 3 atom stereocenters. The van der Waals surface area contributed by atoms with Gasteiger partial charge < -0.3 is 10.2 Å². The monoisotopic (exact) mass is 448 g/mol. The molecule has 2 saturated heterocycles. The Morgan fingerprint density at radius 1 is 1.19 bits per heavy atom. The van der Waals surface area contributed by atoms with Crippen molar-refractivity contribution in [2.45, 2.75) is 68.5 Å². The number of hydrogen-bond donors (Lipinski definition) is 2. The second-order valence-corrected chi connectivity index (χ2v) is 10.6. The van der Waals surface area contributed by atoms with E-state index >= 15 is 0 Å². The fourth-order valence-electron chi connectivity index (χ4n) is 4.99. The molecule has 3 N–H and O–H groups in total. The van der Waals surface area contributed by atoms with Crippen LogP contribution in [0.2, 0.25) is 0 Å². The summed E-state index contributed by atoms with van der Waals surface area (Å²) in [5.41, 5.74) is 0.938. The molecule has 0 radical (unpaired) electrons. The number of benzene rings is 1. The van der Waals surface area contributed by atoms with E-state index in [2.05, 4.69) is 15.1 Å². The Kier molecular flexibility index (Phi) is 6.37. The molecule has 3 fully saturated rings. The third-order valence-corrected chi connectivity index (χ3v) is 7.86. The minimum absolute atomic E-state index is 0.00513. The van der Waals surface area contributed by atoms with Crippen molar-refractivity contribution >= 4 is 21.8 Å². The van der Waals surface area contributed by atoms with Gasteiger partial charge >= 0.3 is 0 Å². The molecule has 9 heteroatoms. The zero-order valence-electron chi connectivity index (χ0n) is 18.0. The summed E-state index contributed by atoms with van der Waals surface area (Å²) in [5.74, 6) is 0.783. The van der Waals surface area contributed by atoms with Gasteiger partial charge in [-0.2, -0.15) is 0 Å². The van der Waals surface area contributed by atoms with Gasteiger partial charge in [-0.15, -0.1) is 0 Å². The first-order valence-corrected chi connectivity index (χ1v) is 12.7. The normalized spacial score (nSPS) is 25.7. The van der Waals surface area contributed by atoms with Crippen molar-refractivity contribution in [2.75, 3.05) is 19.6 Å². The van der Waals surface area contributed by atoms with Gasteiger partial charge in [-0.25, -0.2) is 13.6 Å². The summed E-state index contributed by atoms with van der Waals surface area (Å²) in [6.07, 6.45) is 5.40. The molecular formula is C22H32N4O4S. The van der Waals surface area contributed by atoms with E-state index in [0.717, 1.165) is 44.3 Å². The summed E-state index contributed by atoms with van der Waals surface area (Å²) >= 11 is 0. The maximum absolute atomic E-state index is 12.7. The predicted octanol–water partition coefficient (Wildman–Crippen LogP) is 0.857. The van der Waals surface area contributed by atoms with Crippen LogP contribution in [0.1, 0.15) is 44.6 Å². The largest absolute Gasteiger partial charge is 0.354 e. The van der Waals surface area contributed by atoms with Crippen LogP contribution in [0.25, 0.3) is 0 Å². The number of primary sulfonamides is 1. The number of nitrogens with zero attached hydrogens (tertiary/aromatic N) is 2. The summed E-state index contributed by atoms with van der Waals surface area (Å²) in [6, 6.07) is 7.01. The number of hydrogen-bond acceptors (Lipinski definition) is 5.